The van der Waals surface area contributed by atoms with E-state index in [0.717, 1.165) is 45.4 Å². The van der Waals surface area contributed by atoms with Gasteiger partial charge in [0.25, 0.3) is 0 Å². The van der Waals surface area contributed by atoms with Crippen LogP contribution in [0.4, 0.5) is 0 Å². The van der Waals surface area contributed by atoms with E-state index >= 15 is 0 Å². The standard InChI is InChI=1S/C11H19NO3/c13-11(14)10-9(2-1-5-12-10)8-3-6-15-7-4-8/h8-10,12H,1-7H2,(H,13,14). The zero-order valence-corrected chi connectivity index (χ0v) is 8.95. The van der Waals surface area contributed by atoms with E-state index in [4.69, 9.17) is 9.84 Å². The van der Waals surface area contributed by atoms with Crippen LogP contribution >= 0.6 is 0 Å². The van der Waals surface area contributed by atoms with Gasteiger partial charge >= 0.3 is 5.97 Å². The highest BCUT2D eigenvalue weighted by atomic mass is 16.5. The molecular weight excluding hydrogens is 194 g/mol. The van der Waals surface area contributed by atoms with Crippen molar-refractivity contribution < 1.29 is 14.6 Å². The Kier molecular flexibility index (Phi) is 3.59. The molecular formula is C11H19NO3. The van der Waals surface area contributed by atoms with E-state index < -0.39 is 5.97 Å². The van der Waals surface area contributed by atoms with Gasteiger partial charge in [0.2, 0.25) is 0 Å². The van der Waals surface area contributed by atoms with Gasteiger partial charge in [-0.1, -0.05) is 0 Å². The topological polar surface area (TPSA) is 58.6 Å². The first-order valence-electron chi connectivity index (χ1n) is 5.83. The van der Waals surface area contributed by atoms with E-state index in [2.05, 4.69) is 5.32 Å². The van der Waals surface area contributed by atoms with Crippen LogP contribution in [-0.2, 0) is 9.53 Å². The Morgan fingerprint density at radius 3 is 2.67 bits per heavy atom. The van der Waals surface area contributed by atoms with Crippen LogP contribution in [0.5, 0.6) is 0 Å². The maximum absolute atomic E-state index is 11.1. The molecule has 86 valence electrons. The van der Waals surface area contributed by atoms with Gasteiger partial charge in [-0.25, -0.2) is 0 Å². The molecule has 2 aliphatic rings. The summed E-state index contributed by atoms with van der Waals surface area (Å²) < 4.78 is 5.32. The van der Waals surface area contributed by atoms with Crippen molar-refractivity contribution in [3.63, 3.8) is 0 Å². The number of hydrogen-bond acceptors (Lipinski definition) is 3. The lowest BCUT2D eigenvalue weighted by Crippen LogP contribution is -2.50. The molecule has 0 aliphatic carbocycles. The van der Waals surface area contributed by atoms with Crippen LogP contribution in [0.2, 0.25) is 0 Å². The minimum atomic E-state index is -0.689. The molecule has 4 heteroatoms. The smallest absolute Gasteiger partial charge is 0.320 e. The van der Waals surface area contributed by atoms with E-state index in [-0.39, 0.29) is 6.04 Å². The number of carbonyl (C=O) groups is 1. The molecule has 2 rings (SSSR count). The Bertz CT molecular complexity index is 226. The van der Waals surface area contributed by atoms with Crippen molar-refractivity contribution in [3.05, 3.63) is 0 Å². The van der Waals surface area contributed by atoms with Crippen LogP contribution in [0.25, 0.3) is 0 Å². The van der Waals surface area contributed by atoms with Gasteiger partial charge in [0, 0.05) is 13.2 Å². The van der Waals surface area contributed by atoms with Gasteiger partial charge in [-0.05, 0) is 44.1 Å². The van der Waals surface area contributed by atoms with Gasteiger partial charge < -0.3 is 15.2 Å². The molecule has 0 aromatic heterocycles. The summed E-state index contributed by atoms with van der Waals surface area (Å²) in [5.41, 5.74) is 0. The number of rotatable bonds is 2. The predicted molar refractivity (Wildman–Crippen MR) is 55.7 cm³/mol. The molecule has 2 atom stereocenters. The molecule has 2 heterocycles. The van der Waals surface area contributed by atoms with E-state index in [9.17, 15) is 4.79 Å². The van der Waals surface area contributed by atoms with Crippen LogP contribution < -0.4 is 5.32 Å². The molecule has 15 heavy (non-hydrogen) atoms. The number of nitrogens with one attached hydrogen (secondary N) is 1. The fraction of sp³-hybridized carbons (Fsp3) is 0.909. The van der Waals surface area contributed by atoms with Gasteiger partial charge in [-0.2, -0.15) is 0 Å². The highest BCUT2D eigenvalue weighted by Crippen LogP contribution is 2.31. The summed E-state index contributed by atoms with van der Waals surface area (Å²) in [5, 5.41) is 12.3. The Labute approximate surface area is 90.0 Å². The summed E-state index contributed by atoms with van der Waals surface area (Å²) in [4.78, 5) is 11.1. The Balaban J connectivity index is 1.99. The first-order valence-corrected chi connectivity index (χ1v) is 5.83. The van der Waals surface area contributed by atoms with Crippen molar-refractivity contribution in [2.75, 3.05) is 19.8 Å². The number of ether oxygens (including phenoxy) is 1. The van der Waals surface area contributed by atoms with Gasteiger partial charge in [0.05, 0.1) is 0 Å². The Morgan fingerprint density at radius 2 is 2.00 bits per heavy atom. The fourth-order valence-corrected chi connectivity index (χ4v) is 2.84. The minimum absolute atomic E-state index is 0.306. The average molecular weight is 213 g/mol. The van der Waals surface area contributed by atoms with Gasteiger partial charge in [-0.3, -0.25) is 4.79 Å². The molecule has 2 fully saturated rings. The van der Waals surface area contributed by atoms with E-state index in [1.165, 1.54) is 0 Å². The van der Waals surface area contributed by atoms with E-state index in [1.54, 1.807) is 0 Å². The summed E-state index contributed by atoms with van der Waals surface area (Å²) in [7, 11) is 0. The van der Waals surface area contributed by atoms with Gasteiger partial charge in [0.1, 0.15) is 6.04 Å². The van der Waals surface area contributed by atoms with Crippen LogP contribution in [-0.4, -0.2) is 36.9 Å². The molecule has 2 saturated heterocycles. The molecule has 0 aromatic rings. The Hall–Kier alpha value is -0.610. The first-order chi connectivity index (χ1) is 7.29. The van der Waals surface area contributed by atoms with Crippen molar-refractivity contribution in [1.82, 2.24) is 5.32 Å². The maximum Gasteiger partial charge on any atom is 0.320 e. The lowest BCUT2D eigenvalue weighted by Gasteiger charge is -2.37. The molecule has 2 N–H and O–H groups in total. The van der Waals surface area contributed by atoms with Crippen molar-refractivity contribution in [3.8, 4) is 0 Å². The molecule has 0 spiro atoms. The number of hydrogen-bond donors (Lipinski definition) is 2. The monoisotopic (exact) mass is 213 g/mol. The van der Waals surface area contributed by atoms with Crippen LogP contribution in [0.3, 0.4) is 0 Å². The summed E-state index contributed by atoms with van der Waals surface area (Å²) in [6.45, 7) is 2.44. The van der Waals surface area contributed by atoms with Crippen molar-refractivity contribution >= 4 is 5.97 Å². The lowest BCUT2D eigenvalue weighted by molar-refractivity contribution is -0.143. The van der Waals surface area contributed by atoms with Crippen molar-refractivity contribution in [1.29, 1.82) is 0 Å². The van der Waals surface area contributed by atoms with Crippen molar-refractivity contribution in [2.45, 2.75) is 31.7 Å². The summed E-state index contributed by atoms with van der Waals surface area (Å²) in [6.07, 6.45) is 4.20. The first kappa shape index (κ1) is 10.9. The summed E-state index contributed by atoms with van der Waals surface area (Å²) in [5.74, 6) is 0.152. The van der Waals surface area contributed by atoms with E-state index in [0.29, 0.717) is 11.8 Å². The molecule has 0 amide bonds. The average Bonchev–Trinajstić information content (AvgIpc) is 2.30. The van der Waals surface area contributed by atoms with Crippen molar-refractivity contribution in [2.24, 2.45) is 11.8 Å². The maximum atomic E-state index is 11.1. The second-order valence-corrected chi connectivity index (χ2v) is 4.53. The molecule has 2 aliphatic heterocycles. The third-order valence-corrected chi connectivity index (χ3v) is 3.64. The minimum Gasteiger partial charge on any atom is -0.480 e. The molecule has 0 radical (unpaired) electrons. The molecule has 4 nitrogen and oxygen atoms in total. The van der Waals surface area contributed by atoms with Crippen LogP contribution in [0.15, 0.2) is 0 Å². The quantitative estimate of drug-likeness (QED) is 0.714. The number of aliphatic carboxylic acids is 1. The molecule has 0 aromatic carbocycles. The fourth-order valence-electron chi connectivity index (χ4n) is 2.84. The van der Waals surface area contributed by atoms with Crippen LogP contribution in [0.1, 0.15) is 25.7 Å². The van der Waals surface area contributed by atoms with Gasteiger partial charge in [-0.15, -0.1) is 0 Å². The third-order valence-electron chi connectivity index (χ3n) is 3.64. The normalized spacial score (nSPS) is 33.9. The zero-order valence-electron chi connectivity index (χ0n) is 8.95. The molecule has 2 unspecified atom stereocenters. The predicted octanol–water partition coefficient (Wildman–Crippen LogP) is 0.866. The highest BCUT2D eigenvalue weighted by molar-refractivity contribution is 5.74. The highest BCUT2D eigenvalue weighted by Gasteiger charge is 2.36. The van der Waals surface area contributed by atoms with Gasteiger partial charge in [0.15, 0.2) is 0 Å². The Morgan fingerprint density at radius 1 is 1.27 bits per heavy atom. The second-order valence-electron chi connectivity index (χ2n) is 4.53. The largest absolute Gasteiger partial charge is 0.480 e. The second kappa shape index (κ2) is 4.94. The SMILES string of the molecule is O=C(O)C1NCCCC1C1CCOCC1. The number of carboxylic acid groups (broad SMARTS) is 1. The lowest BCUT2D eigenvalue weighted by atomic mass is 9.77. The summed E-state index contributed by atoms with van der Waals surface area (Å²) >= 11 is 0. The molecule has 0 bridgehead atoms. The molecule has 0 saturated carbocycles. The van der Waals surface area contributed by atoms with Crippen LogP contribution in [0, 0.1) is 11.8 Å². The zero-order chi connectivity index (χ0) is 10.7. The number of carboxylic acids is 1. The number of piperidine rings is 1. The summed E-state index contributed by atoms with van der Waals surface area (Å²) in [6, 6.07) is -0.332. The van der Waals surface area contributed by atoms with E-state index in [1.807, 2.05) is 0 Å². The third kappa shape index (κ3) is 2.49.